The minimum absolute atomic E-state index is 0.381. The Kier molecular flexibility index (Phi) is 2.34. The van der Waals surface area contributed by atoms with Gasteiger partial charge in [0.05, 0.1) is 5.54 Å². The molecule has 1 fully saturated rings. The number of nitrogens with zero attached hydrogens (tertiary/aromatic N) is 2. The quantitative estimate of drug-likeness (QED) is 0.769. The van der Waals surface area contributed by atoms with Crippen LogP contribution in [0.15, 0.2) is 10.9 Å². The summed E-state index contributed by atoms with van der Waals surface area (Å²) >= 11 is 0. The molecule has 84 valence electrons. The molecule has 0 spiro atoms. The van der Waals surface area contributed by atoms with Crippen molar-refractivity contribution in [2.24, 2.45) is 17.1 Å². The van der Waals surface area contributed by atoms with Crippen molar-refractivity contribution in [2.75, 3.05) is 0 Å². The molecule has 1 saturated carbocycles. The molecule has 4 nitrogen and oxygen atoms in total. The summed E-state index contributed by atoms with van der Waals surface area (Å²) < 4.78 is 4.79. The average Bonchev–Trinajstić information content (AvgIpc) is 2.64. The molecule has 2 N–H and O–H groups in total. The molecule has 0 aliphatic heterocycles. The topological polar surface area (TPSA) is 64.9 Å². The first-order valence-electron chi connectivity index (χ1n) is 5.50. The van der Waals surface area contributed by atoms with Gasteiger partial charge in [0.1, 0.15) is 0 Å². The third kappa shape index (κ3) is 1.78. The first kappa shape index (κ1) is 10.6. The van der Waals surface area contributed by atoms with Crippen LogP contribution in [0.25, 0.3) is 0 Å². The Labute approximate surface area is 90.2 Å². The van der Waals surface area contributed by atoms with Crippen molar-refractivity contribution in [3.05, 3.63) is 12.2 Å². The lowest BCUT2D eigenvalue weighted by Crippen LogP contribution is -2.49. The first-order valence-corrected chi connectivity index (χ1v) is 5.50. The average molecular weight is 209 g/mol. The van der Waals surface area contributed by atoms with Gasteiger partial charge in [0.2, 0.25) is 6.39 Å². The molecule has 1 heterocycles. The second-order valence-electron chi connectivity index (χ2n) is 5.56. The van der Waals surface area contributed by atoms with Crippen LogP contribution in [0.4, 0.5) is 0 Å². The van der Waals surface area contributed by atoms with Crippen LogP contribution in [0.5, 0.6) is 0 Å². The van der Waals surface area contributed by atoms with Crippen LogP contribution >= 0.6 is 0 Å². The van der Waals surface area contributed by atoms with Crippen molar-refractivity contribution in [3.63, 3.8) is 0 Å². The fraction of sp³-hybridized carbons (Fsp3) is 0.818. The van der Waals surface area contributed by atoms with E-state index in [1.54, 1.807) is 0 Å². The Bertz CT molecular complexity index is 334. The Morgan fingerprint density at radius 1 is 1.47 bits per heavy atom. The Morgan fingerprint density at radius 3 is 2.73 bits per heavy atom. The van der Waals surface area contributed by atoms with Gasteiger partial charge in [-0.2, -0.15) is 4.98 Å². The van der Waals surface area contributed by atoms with Gasteiger partial charge in [-0.25, -0.2) is 0 Å². The predicted octanol–water partition coefficient (Wildman–Crippen LogP) is 2.07. The van der Waals surface area contributed by atoms with E-state index in [-0.39, 0.29) is 0 Å². The molecule has 0 radical (unpaired) electrons. The van der Waals surface area contributed by atoms with E-state index in [2.05, 4.69) is 30.9 Å². The Hall–Kier alpha value is -0.900. The van der Waals surface area contributed by atoms with Gasteiger partial charge in [-0.3, -0.25) is 0 Å². The van der Waals surface area contributed by atoms with Gasteiger partial charge in [-0.05, 0) is 30.6 Å². The van der Waals surface area contributed by atoms with Gasteiger partial charge in [-0.1, -0.05) is 25.9 Å². The van der Waals surface area contributed by atoms with Gasteiger partial charge in [0, 0.05) is 0 Å². The minimum Gasteiger partial charge on any atom is -0.343 e. The molecule has 0 saturated heterocycles. The third-order valence-corrected chi connectivity index (χ3v) is 3.73. The molecule has 0 amide bonds. The van der Waals surface area contributed by atoms with Gasteiger partial charge < -0.3 is 10.3 Å². The van der Waals surface area contributed by atoms with Crippen molar-refractivity contribution in [1.82, 2.24) is 10.1 Å². The van der Waals surface area contributed by atoms with E-state index in [9.17, 15) is 0 Å². The lowest BCUT2D eigenvalue weighted by atomic mass is 9.64. The van der Waals surface area contributed by atoms with Gasteiger partial charge in [0.15, 0.2) is 5.82 Å². The van der Waals surface area contributed by atoms with Crippen LogP contribution < -0.4 is 5.73 Å². The van der Waals surface area contributed by atoms with Crippen LogP contribution in [0.1, 0.15) is 45.9 Å². The second kappa shape index (κ2) is 3.30. The molecule has 2 atom stereocenters. The molecule has 0 bridgehead atoms. The zero-order chi connectivity index (χ0) is 11.1. The maximum Gasteiger partial charge on any atom is 0.213 e. The van der Waals surface area contributed by atoms with Crippen molar-refractivity contribution >= 4 is 0 Å². The molecular formula is C11H19N3O. The van der Waals surface area contributed by atoms with E-state index in [4.69, 9.17) is 10.3 Å². The Morgan fingerprint density at radius 2 is 2.20 bits per heavy atom. The summed E-state index contributed by atoms with van der Waals surface area (Å²) in [7, 11) is 0. The van der Waals surface area contributed by atoms with E-state index in [0.717, 1.165) is 19.3 Å². The van der Waals surface area contributed by atoms with Crippen molar-refractivity contribution in [2.45, 2.75) is 45.6 Å². The van der Waals surface area contributed by atoms with Crippen LogP contribution in [0, 0.1) is 11.3 Å². The molecule has 1 aromatic heterocycles. The molecule has 1 aliphatic rings. The van der Waals surface area contributed by atoms with Crippen LogP contribution in [0.2, 0.25) is 0 Å². The van der Waals surface area contributed by atoms with Gasteiger partial charge >= 0.3 is 0 Å². The van der Waals surface area contributed by atoms with Crippen molar-refractivity contribution < 1.29 is 4.52 Å². The van der Waals surface area contributed by atoms with Crippen LogP contribution in [-0.4, -0.2) is 10.1 Å². The number of hydrogen-bond acceptors (Lipinski definition) is 4. The molecule has 1 aliphatic carbocycles. The molecule has 15 heavy (non-hydrogen) atoms. The van der Waals surface area contributed by atoms with Crippen LogP contribution in [-0.2, 0) is 5.54 Å². The third-order valence-electron chi connectivity index (χ3n) is 3.73. The van der Waals surface area contributed by atoms with Crippen molar-refractivity contribution in [1.29, 1.82) is 0 Å². The van der Waals surface area contributed by atoms with Crippen molar-refractivity contribution in [3.8, 4) is 0 Å². The summed E-state index contributed by atoms with van der Waals surface area (Å²) in [5.74, 6) is 1.05. The highest BCUT2D eigenvalue weighted by Crippen LogP contribution is 2.46. The van der Waals surface area contributed by atoms with Gasteiger partial charge in [-0.15, -0.1) is 0 Å². The summed E-state index contributed by atoms with van der Waals surface area (Å²) in [6, 6.07) is 0. The smallest absolute Gasteiger partial charge is 0.213 e. The highest BCUT2D eigenvalue weighted by Gasteiger charge is 2.44. The molecule has 4 heteroatoms. The summed E-state index contributed by atoms with van der Waals surface area (Å²) in [5.41, 5.74) is 6.39. The zero-order valence-corrected chi connectivity index (χ0v) is 9.66. The first-order chi connectivity index (χ1) is 6.94. The molecule has 0 aromatic carbocycles. The number of hydrogen-bond donors (Lipinski definition) is 1. The predicted molar refractivity (Wildman–Crippen MR) is 57.0 cm³/mol. The normalized spacial score (nSPS) is 35.3. The fourth-order valence-electron chi connectivity index (χ4n) is 2.61. The van der Waals surface area contributed by atoms with Crippen LogP contribution in [0.3, 0.4) is 0 Å². The summed E-state index contributed by atoms with van der Waals surface area (Å²) in [6.07, 6.45) is 4.51. The Balaban J connectivity index is 2.24. The second-order valence-corrected chi connectivity index (χ2v) is 5.56. The zero-order valence-electron chi connectivity index (χ0n) is 9.66. The van der Waals surface area contributed by atoms with Gasteiger partial charge in [0.25, 0.3) is 0 Å². The number of rotatable bonds is 1. The number of nitrogens with two attached hydrogens (primary N) is 1. The van der Waals surface area contributed by atoms with E-state index in [1.807, 2.05) is 0 Å². The van der Waals surface area contributed by atoms with E-state index < -0.39 is 5.54 Å². The number of aromatic nitrogens is 2. The van der Waals surface area contributed by atoms with E-state index >= 15 is 0 Å². The monoisotopic (exact) mass is 209 g/mol. The molecular weight excluding hydrogens is 190 g/mol. The van der Waals surface area contributed by atoms with E-state index in [0.29, 0.717) is 17.2 Å². The SMILES string of the molecule is CC1CC(C)(C)CCC1(N)c1ncon1. The summed E-state index contributed by atoms with van der Waals surface area (Å²) in [4.78, 5) is 4.11. The standard InChI is InChI=1S/C11H19N3O/c1-8-6-10(2,3)4-5-11(8,12)9-13-7-15-14-9/h7-8H,4-6,12H2,1-3H3. The molecule has 2 rings (SSSR count). The fourth-order valence-corrected chi connectivity index (χ4v) is 2.61. The van der Waals surface area contributed by atoms with E-state index in [1.165, 1.54) is 6.39 Å². The largest absolute Gasteiger partial charge is 0.343 e. The highest BCUT2D eigenvalue weighted by atomic mass is 16.5. The molecule has 1 aromatic rings. The lowest BCUT2D eigenvalue weighted by Gasteiger charge is -2.44. The maximum absolute atomic E-state index is 6.40. The molecule has 2 unspecified atom stereocenters. The maximum atomic E-state index is 6.40. The lowest BCUT2D eigenvalue weighted by molar-refractivity contribution is 0.0932. The summed E-state index contributed by atoms with van der Waals surface area (Å²) in [5, 5.41) is 3.90. The minimum atomic E-state index is -0.400. The highest BCUT2D eigenvalue weighted by molar-refractivity contribution is 5.08. The summed E-state index contributed by atoms with van der Waals surface area (Å²) in [6.45, 7) is 6.76.